The Morgan fingerprint density at radius 3 is 2.95 bits per heavy atom. The highest BCUT2D eigenvalue weighted by atomic mass is 32.1. The van der Waals surface area contributed by atoms with E-state index in [0.717, 1.165) is 50.8 Å². The Balaban J connectivity index is 1.66. The molecule has 1 aliphatic heterocycles. The van der Waals surface area contributed by atoms with E-state index in [0.29, 0.717) is 6.42 Å². The van der Waals surface area contributed by atoms with Crippen LogP contribution < -0.4 is 0 Å². The summed E-state index contributed by atoms with van der Waals surface area (Å²) in [5.74, 6) is 0.205. The minimum absolute atomic E-state index is 0.205. The molecule has 1 spiro atoms. The number of thiazole rings is 1. The van der Waals surface area contributed by atoms with E-state index >= 15 is 0 Å². The van der Waals surface area contributed by atoms with Gasteiger partial charge in [-0.05, 0) is 32.6 Å². The third-order valence-electron chi connectivity index (χ3n) is 4.97. The van der Waals surface area contributed by atoms with Gasteiger partial charge < -0.3 is 10.0 Å². The maximum atomic E-state index is 12.6. The van der Waals surface area contributed by atoms with Crippen molar-refractivity contribution in [1.82, 2.24) is 9.88 Å². The van der Waals surface area contributed by atoms with Gasteiger partial charge in [-0.25, -0.2) is 4.98 Å². The molecule has 0 bridgehead atoms. The predicted octanol–water partition coefficient (Wildman–Crippen LogP) is 2.29. The molecule has 0 aromatic carbocycles. The summed E-state index contributed by atoms with van der Waals surface area (Å²) in [6.45, 7) is 2.72. The number of carbonyl (C=O) groups is 1. The maximum absolute atomic E-state index is 12.6. The number of carbonyl (C=O) groups excluding carboxylic acids is 1. The van der Waals surface area contributed by atoms with E-state index in [1.807, 2.05) is 17.3 Å². The van der Waals surface area contributed by atoms with Crippen LogP contribution in [0.1, 0.15) is 49.1 Å². The first-order valence-corrected chi connectivity index (χ1v) is 8.39. The second-order valence-corrected chi connectivity index (χ2v) is 6.96. The number of rotatable bonds is 3. The number of aliphatic hydroxyl groups is 1. The number of aryl methyl sites for hydroxylation is 2. The van der Waals surface area contributed by atoms with Gasteiger partial charge in [0, 0.05) is 17.8 Å². The highest BCUT2D eigenvalue weighted by Gasteiger charge is 2.51. The van der Waals surface area contributed by atoms with Crippen LogP contribution in [-0.2, 0) is 11.2 Å². The molecular weight excluding hydrogens is 272 g/mol. The summed E-state index contributed by atoms with van der Waals surface area (Å²) in [5, 5.41) is 10.3. The summed E-state index contributed by atoms with van der Waals surface area (Å²) in [7, 11) is 0. The van der Waals surface area contributed by atoms with Gasteiger partial charge >= 0.3 is 0 Å². The van der Waals surface area contributed by atoms with Gasteiger partial charge in [0.15, 0.2) is 0 Å². The van der Waals surface area contributed by atoms with Crippen molar-refractivity contribution >= 4 is 17.2 Å². The van der Waals surface area contributed by atoms with Gasteiger partial charge in [-0.15, -0.1) is 11.3 Å². The van der Waals surface area contributed by atoms with E-state index in [-0.39, 0.29) is 17.6 Å². The maximum Gasteiger partial charge on any atom is 0.223 e. The minimum Gasteiger partial charge on any atom is -0.391 e. The molecule has 2 aliphatic rings. The van der Waals surface area contributed by atoms with Gasteiger partial charge in [0.2, 0.25) is 5.91 Å². The minimum atomic E-state index is -0.320. The van der Waals surface area contributed by atoms with Crippen LogP contribution in [-0.4, -0.2) is 39.1 Å². The summed E-state index contributed by atoms with van der Waals surface area (Å²) in [5.41, 5.74) is 2.65. The number of amides is 1. The average Bonchev–Trinajstić information content (AvgIpc) is 3.13. The average molecular weight is 294 g/mol. The zero-order chi connectivity index (χ0) is 14.2. The summed E-state index contributed by atoms with van der Waals surface area (Å²) in [6.07, 6.45) is 5.95. The number of nitrogens with zero attached hydrogens (tertiary/aromatic N) is 2. The van der Waals surface area contributed by atoms with Crippen molar-refractivity contribution in [1.29, 1.82) is 0 Å². The monoisotopic (exact) mass is 294 g/mol. The molecule has 2 fully saturated rings. The first kappa shape index (κ1) is 14.0. The molecule has 110 valence electrons. The molecule has 1 N–H and O–H groups in total. The van der Waals surface area contributed by atoms with Gasteiger partial charge in [-0.2, -0.15) is 0 Å². The Hall–Kier alpha value is -0.940. The fraction of sp³-hybridized carbons (Fsp3) is 0.733. The number of hydrogen-bond donors (Lipinski definition) is 1. The smallest absolute Gasteiger partial charge is 0.223 e. The van der Waals surface area contributed by atoms with E-state index in [1.54, 1.807) is 11.3 Å². The molecule has 4 nitrogen and oxygen atoms in total. The van der Waals surface area contributed by atoms with Crippen LogP contribution in [0, 0.1) is 6.92 Å². The zero-order valence-corrected chi connectivity index (χ0v) is 12.8. The number of likely N-dealkylation sites (tertiary alicyclic amines) is 1. The highest BCUT2D eigenvalue weighted by Crippen LogP contribution is 2.43. The highest BCUT2D eigenvalue weighted by molar-refractivity contribution is 7.09. The van der Waals surface area contributed by atoms with Crippen molar-refractivity contribution < 1.29 is 9.90 Å². The summed E-state index contributed by atoms with van der Waals surface area (Å²) >= 11 is 1.63. The SMILES string of the molecule is Cc1ncsc1CCC(=O)N1CCC(O)C12CCCC2. The predicted molar refractivity (Wildman–Crippen MR) is 78.7 cm³/mol. The molecular formula is C15H22N2O2S. The van der Waals surface area contributed by atoms with E-state index < -0.39 is 0 Å². The Morgan fingerprint density at radius 2 is 2.30 bits per heavy atom. The van der Waals surface area contributed by atoms with E-state index in [9.17, 15) is 9.90 Å². The molecule has 1 unspecified atom stereocenters. The lowest BCUT2D eigenvalue weighted by atomic mass is 9.91. The van der Waals surface area contributed by atoms with Crippen molar-refractivity contribution in [3.8, 4) is 0 Å². The normalized spacial score (nSPS) is 24.7. The lowest BCUT2D eigenvalue weighted by Crippen LogP contribution is -2.50. The zero-order valence-electron chi connectivity index (χ0n) is 12.0. The number of aliphatic hydroxyl groups excluding tert-OH is 1. The first-order valence-electron chi connectivity index (χ1n) is 7.51. The molecule has 5 heteroatoms. The third kappa shape index (κ3) is 2.27. The summed E-state index contributed by atoms with van der Waals surface area (Å²) < 4.78 is 0. The quantitative estimate of drug-likeness (QED) is 0.930. The topological polar surface area (TPSA) is 53.4 Å². The molecule has 1 saturated carbocycles. The lowest BCUT2D eigenvalue weighted by molar-refractivity contribution is -0.137. The van der Waals surface area contributed by atoms with Crippen LogP contribution in [0.25, 0.3) is 0 Å². The fourth-order valence-corrected chi connectivity index (χ4v) is 4.59. The summed E-state index contributed by atoms with van der Waals surface area (Å²) in [6, 6.07) is 0. The molecule has 1 aromatic heterocycles. The first-order chi connectivity index (χ1) is 9.63. The van der Waals surface area contributed by atoms with Crippen LogP contribution in [0.15, 0.2) is 5.51 Å². The molecule has 1 aromatic rings. The largest absolute Gasteiger partial charge is 0.391 e. The van der Waals surface area contributed by atoms with Gasteiger partial charge in [0.25, 0.3) is 0 Å². The van der Waals surface area contributed by atoms with Gasteiger partial charge in [-0.1, -0.05) is 12.8 Å². The van der Waals surface area contributed by atoms with Crippen LogP contribution in [0.4, 0.5) is 0 Å². The summed E-state index contributed by atoms with van der Waals surface area (Å²) in [4.78, 5) is 20.0. The fourth-order valence-electron chi connectivity index (χ4n) is 3.81. The van der Waals surface area contributed by atoms with Crippen molar-refractivity contribution in [2.45, 2.75) is 63.5 Å². The van der Waals surface area contributed by atoms with Gasteiger partial charge in [0.1, 0.15) is 0 Å². The molecule has 3 rings (SSSR count). The number of aromatic nitrogens is 1. The Labute approximate surface area is 123 Å². The molecule has 1 amide bonds. The van der Waals surface area contributed by atoms with Crippen molar-refractivity contribution in [3.05, 3.63) is 16.1 Å². The van der Waals surface area contributed by atoms with Crippen molar-refractivity contribution in [3.63, 3.8) is 0 Å². The van der Waals surface area contributed by atoms with E-state index in [4.69, 9.17) is 0 Å². The van der Waals surface area contributed by atoms with Crippen LogP contribution in [0.2, 0.25) is 0 Å². The lowest BCUT2D eigenvalue weighted by Gasteiger charge is -2.37. The van der Waals surface area contributed by atoms with Crippen molar-refractivity contribution in [2.75, 3.05) is 6.54 Å². The molecule has 1 saturated heterocycles. The Morgan fingerprint density at radius 1 is 1.55 bits per heavy atom. The number of hydrogen-bond acceptors (Lipinski definition) is 4. The molecule has 0 radical (unpaired) electrons. The molecule has 20 heavy (non-hydrogen) atoms. The van der Waals surface area contributed by atoms with Gasteiger partial charge in [0.05, 0.1) is 22.8 Å². The van der Waals surface area contributed by atoms with E-state index in [2.05, 4.69) is 4.98 Å². The molecule has 1 aliphatic carbocycles. The van der Waals surface area contributed by atoms with Crippen LogP contribution in [0.5, 0.6) is 0 Å². The van der Waals surface area contributed by atoms with Crippen LogP contribution in [0.3, 0.4) is 0 Å². The Kier molecular flexibility index (Phi) is 3.82. The van der Waals surface area contributed by atoms with Crippen LogP contribution >= 0.6 is 11.3 Å². The second kappa shape index (κ2) is 5.45. The standard InChI is InChI=1S/C15H22N2O2S/c1-11-12(20-10-16-11)4-5-14(19)17-9-6-13(18)15(17)7-2-3-8-15/h10,13,18H,2-9H2,1H3. The molecule has 1 atom stereocenters. The van der Waals surface area contributed by atoms with Crippen molar-refractivity contribution in [2.24, 2.45) is 0 Å². The van der Waals surface area contributed by atoms with E-state index in [1.165, 1.54) is 4.88 Å². The third-order valence-corrected chi connectivity index (χ3v) is 5.96. The molecule has 2 heterocycles. The Bertz CT molecular complexity index is 494. The second-order valence-electron chi connectivity index (χ2n) is 6.02. The van der Waals surface area contributed by atoms with Gasteiger partial charge in [-0.3, -0.25) is 4.79 Å².